The van der Waals surface area contributed by atoms with Crippen LogP contribution in [0.1, 0.15) is 40.0 Å². The molecule has 90 valence electrons. The summed E-state index contributed by atoms with van der Waals surface area (Å²) in [4.78, 5) is 10.8. The van der Waals surface area contributed by atoms with Crippen LogP contribution < -0.4 is 5.32 Å². The molecule has 0 heterocycles. The molecule has 2 N–H and O–H groups in total. The lowest BCUT2D eigenvalue weighted by atomic mass is 10.2. The van der Waals surface area contributed by atoms with Crippen molar-refractivity contribution in [1.29, 1.82) is 0 Å². The van der Waals surface area contributed by atoms with Crippen molar-refractivity contribution in [2.24, 2.45) is 0 Å². The van der Waals surface area contributed by atoms with Crippen LogP contribution in [0.4, 0.5) is 0 Å². The average Bonchev–Trinajstić information content (AvgIpc) is 2.15. The molecule has 0 aliphatic rings. The highest BCUT2D eigenvalue weighted by molar-refractivity contribution is 5.73. The topological polar surface area (TPSA) is 58.6 Å². The number of aliphatic carboxylic acids is 1. The van der Waals surface area contributed by atoms with Crippen LogP contribution in [0, 0.1) is 0 Å². The summed E-state index contributed by atoms with van der Waals surface area (Å²) in [5, 5.41) is 11.8. The summed E-state index contributed by atoms with van der Waals surface area (Å²) in [6, 6.07) is -0.433. The summed E-state index contributed by atoms with van der Waals surface area (Å²) < 4.78 is 5.32. The van der Waals surface area contributed by atoms with Gasteiger partial charge in [-0.25, -0.2) is 0 Å². The smallest absolute Gasteiger partial charge is 0.323 e. The second-order valence-corrected chi connectivity index (χ2v) is 3.99. The normalized spacial score (nSPS) is 13.1. The zero-order valence-electron chi connectivity index (χ0n) is 9.95. The van der Waals surface area contributed by atoms with E-state index in [1.54, 1.807) is 0 Å². The number of ether oxygens (including phenoxy) is 1. The van der Waals surface area contributed by atoms with Crippen molar-refractivity contribution in [2.75, 3.05) is 13.2 Å². The number of carboxylic acid groups (broad SMARTS) is 1. The quantitative estimate of drug-likeness (QED) is 0.576. The van der Waals surface area contributed by atoms with Gasteiger partial charge in [0.2, 0.25) is 0 Å². The molecule has 0 saturated carbocycles. The molecule has 0 aromatic heterocycles. The summed E-state index contributed by atoms with van der Waals surface area (Å²) in [6.07, 6.45) is 3.29. The van der Waals surface area contributed by atoms with E-state index >= 15 is 0 Å². The van der Waals surface area contributed by atoms with Gasteiger partial charge in [-0.3, -0.25) is 4.79 Å². The van der Waals surface area contributed by atoms with Gasteiger partial charge in [0.15, 0.2) is 0 Å². The molecule has 0 rings (SSSR count). The van der Waals surface area contributed by atoms with Crippen LogP contribution in [0.15, 0.2) is 0 Å². The zero-order valence-corrected chi connectivity index (χ0v) is 9.95. The van der Waals surface area contributed by atoms with Crippen LogP contribution >= 0.6 is 0 Å². The van der Waals surface area contributed by atoms with Gasteiger partial charge in [-0.05, 0) is 6.42 Å². The summed E-state index contributed by atoms with van der Waals surface area (Å²) in [6.45, 7) is 6.87. The van der Waals surface area contributed by atoms with Gasteiger partial charge >= 0.3 is 5.97 Å². The largest absolute Gasteiger partial charge is 0.480 e. The Hall–Kier alpha value is -0.610. The first kappa shape index (κ1) is 14.4. The molecule has 0 saturated heterocycles. The Balaban J connectivity index is 3.62. The van der Waals surface area contributed by atoms with Gasteiger partial charge < -0.3 is 15.2 Å². The van der Waals surface area contributed by atoms with Crippen LogP contribution in [0.25, 0.3) is 0 Å². The molecule has 0 aliphatic heterocycles. The predicted octanol–water partition coefficient (Wildman–Crippen LogP) is 1.64. The molecule has 0 amide bonds. The van der Waals surface area contributed by atoms with Crippen molar-refractivity contribution in [2.45, 2.75) is 52.1 Å². The van der Waals surface area contributed by atoms with Gasteiger partial charge in [0.25, 0.3) is 0 Å². The minimum absolute atomic E-state index is 0.158. The van der Waals surface area contributed by atoms with Crippen molar-refractivity contribution in [3.8, 4) is 0 Å². The van der Waals surface area contributed by atoms with E-state index in [9.17, 15) is 4.79 Å². The van der Waals surface area contributed by atoms with E-state index in [1.165, 1.54) is 0 Å². The first-order chi connectivity index (χ1) is 7.07. The minimum atomic E-state index is -0.848. The zero-order chi connectivity index (χ0) is 11.7. The number of carbonyl (C=O) groups is 1. The second-order valence-electron chi connectivity index (χ2n) is 3.99. The molecule has 0 fully saturated rings. The molecule has 0 spiro atoms. The van der Waals surface area contributed by atoms with E-state index in [1.807, 2.05) is 13.8 Å². The molecule has 1 atom stereocenters. The Morgan fingerprint density at radius 2 is 2.07 bits per heavy atom. The monoisotopic (exact) mass is 217 g/mol. The third kappa shape index (κ3) is 8.39. The molecule has 15 heavy (non-hydrogen) atoms. The molecule has 1 unspecified atom stereocenters. The Morgan fingerprint density at radius 3 is 2.53 bits per heavy atom. The Bertz CT molecular complexity index is 171. The van der Waals surface area contributed by atoms with Crippen LogP contribution in [0.3, 0.4) is 0 Å². The fourth-order valence-corrected chi connectivity index (χ4v) is 1.25. The molecule has 0 aromatic rings. The maximum absolute atomic E-state index is 10.8. The lowest BCUT2D eigenvalue weighted by molar-refractivity contribution is -0.141. The third-order valence-electron chi connectivity index (χ3n) is 2.01. The molecule has 0 bridgehead atoms. The summed E-state index contributed by atoms with van der Waals surface area (Å²) in [5.74, 6) is -0.848. The van der Waals surface area contributed by atoms with Crippen molar-refractivity contribution in [3.63, 3.8) is 0 Å². The molecular weight excluding hydrogens is 194 g/mol. The molecular formula is C11H23NO3. The van der Waals surface area contributed by atoms with E-state index in [-0.39, 0.29) is 12.6 Å². The van der Waals surface area contributed by atoms with E-state index < -0.39 is 12.0 Å². The van der Waals surface area contributed by atoms with Crippen LogP contribution in [-0.2, 0) is 9.53 Å². The maximum Gasteiger partial charge on any atom is 0.323 e. The van der Waals surface area contributed by atoms with E-state index in [4.69, 9.17) is 9.84 Å². The molecule has 0 aliphatic carbocycles. The number of unbranched alkanes of at least 4 members (excludes halogenated alkanes) is 2. The van der Waals surface area contributed by atoms with Crippen molar-refractivity contribution < 1.29 is 14.6 Å². The Kier molecular flexibility index (Phi) is 8.33. The van der Waals surface area contributed by atoms with Gasteiger partial charge in [0.05, 0.1) is 6.61 Å². The number of carboxylic acids is 1. The summed E-state index contributed by atoms with van der Waals surface area (Å²) in [5.41, 5.74) is 0. The first-order valence-electron chi connectivity index (χ1n) is 5.64. The van der Waals surface area contributed by atoms with Gasteiger partial charge in [-0.1, -0.05) is 33.6 Å². The lowest BCUT2D eigenvalue weighted by Gasteiger charge is -2.17. The molecule has 4 heteroatoms. The van der Waals surface area contributed by atoms with E-state index in [0.717, 1.165) is 19.3 Å². The van der Waals surface area contributed by atoms with Gasteiger partial charge in [-0.2, -0.15) is 0 Å². The number of hydrogen-bond donors (Lipinski definition) is 2. The van der Waals surface area contributed by atoms with Gasteiger partial charge in [-0.15, -0.1) is 0 Å². The Morgan fingerprint density at radius 1 is 1.40 bits per heavy atom. The van der Waals surface area contributed by atoms with Crippen molar-refractivity contribution in [1.82, 2.24) is 5.32 Å². The highest BCUT2D eigenvalue weighted by Gasteiger charge is 2.17. The fraction of sp³-hybridized carbons (Fsp3) is 0.909. The lowest BCUT2D eigenvalue weighted by Crippen LogP contribution is -2.44. The van der Waals surface area contributed by atoms with Crippen LogP contribution in [0.5, 0.6) is 0 Å². The summed E-state index contributed by atoms with van der Waals surface area (Å²) >= 11 is 0. The minimum Gasteiger partial charge on any atom is -0.480 e. The molecule has 0 radical (unpaired) electrons. The summed E-state index contributed by atoms with van der Waals surface area (Å²) in [7, 11) is 0. The number of nitrogens with one attached hydrogen (secondary N) is 1. The second kappa shape index (κ2) is 8.68. The van der Waals surface area contributed by atoms with E-state index in [0.29, 0.717) is 6.61 Å². The molecule has 4 nitrogen and oxygen atoms in total. The highest BCUT2D eigenvalue weighted by Crippen LogP contribution is 1.96. The highest BCUT2D eigenvalue weighted by atomic mass is 16.5. The van der Waals surface area contributed by atoms with E-state index in [2.05, 4.69) is 12.2 Å². The fourth-order valence-electron chi connectivity index (χ4n) is 1.25. The third-order valence-corrected chi connectivity index (χ3v) is 2.01. The SMILES string of the molecule is CCCCCOCC(NC(C)C)C(=O)O. The van der Waals surface area contributed by atoms with Crippen molar-refractivity contribution in [3.05, 3.63) is 0 Å². The Labute approximate surface area is 92.0 Å². The van der Waals surface area contributed by atoms with Gasteiger partial charge in [0, 0.05) is 12.6 Å². The van der Waals surface area contributed by atoms with Gasteiger partial charge in [0.1, 0.15) is 6.04 Å². The predicted molar refractivity (Wildman–Crippen MR) is 60.0 cm³/mol. The van der Waals surface area contributed by atoms with Crippen molar-refractivity contribution >= 4 is 5.97 Å². The average molecular weight is 217 g/mol. The standard InChI is InChI=1S/C11H23NO3/c1-4-5-6-7-15-8-10(11(13)14)12-9(2)3/h9-10,12H,4-8H2,1-3H3,(H,13,14). The van der Waals surface area contributed by atoms with Crippen LogP contribution in [-0.4, -0.2) is 36.4 Å². The number of hydrogen-bond acceptors (Lipinski definition) is 3. The maximum atomic E-state index is 10.8. The first-order valence-corrected chi connectivity index (χ1v) is 5.64. The number of rotatable bonds is 9. The molecule has 0 aromatic carbocycles. The van der Waals surface area contributed by atoms with Crippen LogP contribution in [0.2, 0.25) is 0 Å².